The fraction of sp³-hybridized carbons (Fsp3) is 0.348. The zero-order valence-corrected chi connectivity index (χ0v) is 18.1. The molecule has 0 spiro atoms. The Labute approximate surface area is 182 Å². The van der Waals surface area contributed by atoms with Crippen molar-refractivity contribution in [2.75, 3.05) is 19.7 Å². The second-order valence-corrected chi connectivity index (χ2v) is 9.46. The molecule has 1 saturated heterocycles. The van der Waals surface area contributed by atoms with Gasteiger partial charge in [-0.15, -0.1) is 0 Å². The molecule has 1 fully saturated rings. The fourth-order valence-corrected chi connectivity index (χ4v) is 4.83. The monoisotopic (exact) mass is 441 g/mol. The highest BCUT2D eigenvalue weighted by molar-refractivity contribution is 7.89. The number of rotatable bonds is 9. The summed E-state index contributed by atoms with van der Waals surface area (Å²) in [4.78, 5) is 12.5. The lowest BCUT2D eigenvalue weighted by atomic mass is 10.2. The Morgan fingerprint density at radius 3 is 2.68 bits per heavy atom. The second-order valence-electron chi connectivity index (χ2n) is 7.69. The average Bonchev–Trinajstić information content (AvgIpc) is 3.45. The minimum Gasteiger partial charge on any atom is -0.377 e. The van der Waals surface area contributed by atoms with Crippen LogP contribution < -0.4 is 10.0 Å². The number of amides is 1. The van der Waals surface area contributed by atoms with E-state index in [0.29, 0.717) is 18.7 Å². The molecule has 0 aliphatic carbocycles. The first kappa shape index (κ1) is 21.5. The van der Waals surface area contributed by atoms with Gasteiger partial charge in [-0.2, -0.15) is 0 Å². The van der Waals surface area contributed by atoms with E-state index >= 15 is 0 Å². The number of benzene rings is 2. The highest BCUT2D eigenvalue weighted by Crippen LogP contribution is 2.16. The zero-order chi connectivity index (χ0) is 21.7. The second kappa shape index (κ2) is 9.64. The molecule has 0 bridgehead atoms. The fourth-order valence-electron chi connectivity index (χ4n) is 3.77. The Morgan fingerprint density at radius 1 is 1.10 bits per heavy atom. The standard InChI is InChI=1S/C23H27N3O4S/c27-23(24-13-4-14-26-15-12-18-5-1-2-7-22(18)26)19-8-10-21(11-9-19)31(28,29)25-17-20-6-3-16-30-20/h1-2,5,7-12,15,20,25H,3-4,6,13-14,16-17H2,(H,24,27)/t20-/m1/s1. The molecule has 4 rings (SSSR count). The van der Waals surface area contributed by atoms with Crippen molar-refractivity contribution in [1.29, 1.82) is 0 Å². The first-order chi connectivity index (χ1) is 15.0. The van der Waals surface area contributed by atoms with Crippen molar-refractivity contribution in [3.05, 3.63) is 66.4 Å². The molecule has 3 aromatic rings. The summed E-state index contributed by atoms with van der Waals surface area (Å²) in [6.07, 6.45) is 4.60. The van der Waals surface area contributed by atoms with Crippen LogP contribution in [0.2, 0.25) is 0 Å². The van der Waals surface area contributed by atoms with Crippen LogP contribution in [0.5, 0.6) is 0 Å². The third-order valence-corrected chi connectivity index (χ3v) is 6.93. The van der Waals surface area contributed by atoms with Gasteiger partial charge in [0.05, 0.1) is 11.0 Å². The van der Waals surface area contributed by atoms with Crippen LogP contribution in [0.25, 0.3) is 10.9 Å². The van der Waals surface area contributed by atoms with Gasteiger partial charge in [-0.25, -0.2) is 13.1 Å². The minimum absolute atomic E-state index is 0.0654. The molecule has 1 aromatic heterocycles. The van der Waals surface area contributed by atoms with E-state index in [1.165, 1.54) is 35.2 Å². The van der Waals surface area contributed by atoms with E-state index in [1.807, 2.05) is 12.1 Å². The quantitative estimate of drug-likeness (QED) is 0.500. The van der Waals surface area contributed by atoms with Crippen molar-refractivity contribution in [3.8, 4) is 0 Å². The highest BCUT2D eigenvalue weighted by Gasteiger charge is 2.20. The first-order valence-corrected chi connectivity index (χ1v) is 12.0. The average molecular weight is 442 g/mol. The van der Waals surface area contributed by atoms with Gasteiger partial charge in [-0.1, -0.05) is 18.2 Å². The van der Waals surface area contributed by atoms with Gasteiger partial charge in [0.1, 0.15) is 0 Å². The highest BCUT2D eigenvalue weighted by atomic mass is 32.2. The van der Waals surface area contributed by atoms with Crippen LogP contribution in [-0.4, -0.2) is 44.7 Å². The number of para-hydroxylation sites is 1. The number of fused-ring (bicyclic) bond motifs is 1. The predicted octanol–water partition coefficient (Wildman–Crippen LogP) is 2.92. The first-order valence-electron chi connectivity index (χ1n) is 10.6. The summed E-state index contributed by atoms with van der Waals surface area (Å²) in [6, 6.07) is 16.3. The van der Waals surface area contributed by atoms with Gasteiger partial charge >= 0.3 is 0 Å². The molecular weight excluding hydrogens is 414 g/mol. The van der Waals surface area contributed by atoms with Gasteiger partial charge in [0, 0.05) is 43.5 Å². The van der Waals surface area contributed by atoms with E-state index in [2.05, 4.69) is 39.0 Å². The Kier molecular flexibility index (Phi) is 6.70. The largest absolute Gasteiger partial charge is 0.377 e. The Balaban J connectivity index is 1.26. The molecule has 7 nitrogen and oxygen atoms in total. The summed E-state index contributed by atoms with van der Waals surface area (Å²) in [5.74, 6) is -0.214. The predicted molar refractivity (Wildman–Crippen MR) is 119 cm³/mol. The van der Waals surface area contributed by atoms with E-state index in [9.17, 15) is 13.2 Å². The number of carbonyl (C=O) groups excluding carboxylic acids is 1. The van der Waals surface area contributed by atoms with Gasteiger partial charge in [-0.05, 0) is 61.0 Å². The van der Waals surface area contributed by atoms with E-state index in [4.69, 9.17) is 4.74 Å². The number of sulfonamides is 1. The minimum atomic E-state index is -3.62. The van der Waals surface area contributed by atoms with E-state index in [1.54, 1.807) is 0 Å². The molecule has 31 heavy (non-hydrogen) atoms. The summed E-state index contributed by atoms with van der Waals surface area (Å²) in [7, 11) is -3.62. The maximum atomic E-state index is 12.4. The van der Waals surface area contributed by atoms with E-state index in [0.717, 1.165) is 25.8 Å². The van der Waals surface area contributed by atoms with Gasteiger partial charge < -0.3 is 14.6 Å². The zero-order valence-electron chi connectivity index (χ0n) is 17.3. The molecule has 8 heteroatoms. The number of hydrogen-bond acceptors (Lipinski definition) is 4. The molecule has 1 aliphatic heterocycles. The maximum Gasteiger partial charge on any atom is 0.251 e. The smallest absolute Gasteiger partial charge is 0.251 e. The summed E-state index contributed by atoms with van der Waals surface area (Å²) >= 11 is 0. The molecule has 2 aromatic carbocycles. The third-order valence-electron chi connectivity index (χ3n) is 5.49. The summed E-state index contributed by atoms with van der Waals surface area (Å²) in [5, 5.41) is 4.10. The molecule has 1 aliphatic rings. The van der Waals surface area contributed by atoms with Gasteiger partial charge in [-0.3, -0.25) is 4.79 Å². The van der Waals surface area contributed by atoms with E-state index < -0.39 is 10.0 Å². The van der Waals surface area contributed by atoms with Crippen LogP contribution >= 0.6 is 0 Å². The Morgan fingerprint density at radius 2 is 1.90 bits per heavy atom. The summed E-state index contributed by atoms with van der Waals surface area (Å²) < 4.78 is 35.0. The van der Waals surface area contributed by atoms with Gasteiger partial charge in [0.2, 0.25) is 10.0 Å². The van der Waals surface area contributed by atoms with Crippen molar-refractivity contribution in [2.45, 2.75) is 36.8 Å². The normalized spacial score (nSPS) is 16.6. The maximum absolute atomic E-state index is 12.4. The number of hydrogen-bond donors (Lipinski definition) is 2. The molecule has 0 radical (unpaired) electrons. The number of nitrogens with one attached hydrogen (secondary N) is 2. The van der Waals surface area contributed by atoms with E-state index in [-0.39, 0.29) is 23.5 Å². The lowest BCUT2D eigenvalue weighted by molar-refractivity contribution is 0.0952. The Hall–Kier alpha value is -2.68. The number of aromatic nitrogens is 1. The van der Waals surface area contributed by atoms with Crippen molar-refractivity contribution in [1.82, 2.24) is 14.6 Å². The molecule has 164 valence electrons. The van der Waals surface area contributed by atoms with Crippen molar-refractivity contribution in [2.24, 2.45) is 0 Å². The van der Waals surface area contributed by atoms with Crippen LogP contribution in [0.1, 0.15) is 29.6 Å². The van der Waals surface area contributed by atoms with Crippen molar-refractivity contribution in [3.63, 3.8) is 0 Å². The van der Waals surface area contributed by atoms with Crippen molar-refractivity contribution < 1.29 is 17.9 Å². The van der Waals surface area contributed by atoms with Crippen LogP contribution in [0.3, 0.4) is 0 Å². The SMILES string of the molecule is O=C(NCCCn1ccc2ccccc21)c1ccc(S(=O)(=O)NC[C@H]2CCCO2)cc1. The third kappa shape index (κ3) is 5.33. The number of nitrogens with zero attached hydrogens (tertiary/aromatic N) is 1. The molecule has 2 N–H and O–H groups in total. The summed E-state index contributed by atoms with van der Waals surface area (Å²) in [5.41, 5.74) is 1.61. The van der Waals surface area contributed by atoms with Crippen LogP contribution in [0, 0.1) is 0 Å². The summed E-state index contributed by atoms with van der Waals surface area (Å²) in [6.45, 7) is 2.29. The molecule has 0 unspecified atom stereocenters. The van der Waals surface area contributed by atoms with Crippen LogP contribution in [0.4, 0.5) is 0 Å². The number of ether oxygens (including phenoxy) is 1. The molecule has 1 atom stereocenters. The molecular formula is C23H27N3O4S. The van der Waals surface area contributed by atoms with Crippen molar-refractivity contribution >= 4 is 26.8 Å². The molecule has 0 saturated carbocycles. The van der Waals surface area contributed by atoms with Crippen LogP contribution in [0.15, 0.2) is 65.7 Å². The lowest BCUT2D eigenvalue weighted by Gasteiger charge is -2.12. The van der Waals surface area contributed by atoms with Gasteiger partial charge in [0.25, 0.3) is 5.91 Å². The molecule has 1 amide bonds. The molecule has 2 heterocycles. The topological polar surface area (TPSA) is 89.4 Å². The van der Waals surface area contributed by atoms with Crippen LogP contribution in [-0.2, 0) is 21.3 Å². The van der Waals surface area contributed by atoms with Gasteiger partial charge in [0.15, 0.2) is 0 Å². The number of carbonyl (C=O) groups is 1. The lowest BCUT2D eigenvalue weighted by Crippen LogP contribution is -2.32. The number of aryl methyl sites for hydroxylation is 1. The Bertz CT molecular complexity index is 1130.